The highest BCUT2D eigenvalue weighted by Gasteiger charge is 2.35. The maximum absolute atomic E-state index is 13.8. The first-order valence-electron chi connectivity index (χ1n) is 15.7. The fourth-order valence-corrected chi connectivity index (χ4v) is 7.13. The SMILES string of the molecule is CC[C@H](C)CC(=O)N(NC(=O)CNCCOC)C(Cc1ccccc1)[C@H](O)CNC(C(C)C)S(=O)(=O)c1ccc2c(c1)CCO2. The van der Waals surface area contributed by atoms with Gasteiger partial charge < -0.3 is 19.9 Å². The summed E-state index contributed by atoms with van der Waals surface area (Å²) >= 11 is 0. The highest BCUT2D eigenvalue weighted by atomic mass is 32.2. The third-order valence-electron chi connectivity index (χ3n) is 8.02. The fourth-order valence-electron chi connectivity index (χ4n) is 5.24. The van der Waals surface area contributed by atoms with E-state index in [4.69, 9.17) is 9.47 Å². The lowest BCUT2D eigenvalue weighted by molar-refractivity contribution is -0.148. The number of nitrogens with zero attached hydrogens (tertiary/aromatic N) is 1. The van der Waals surface area contributed by atoms with Crippen molar-refractivity contribution in [3.63, 3.8) is 0 Å². The van der Waals surface area contributed by atoms with Crippen LogP contribution in [0, 0.1) is 11.8 Å². The van der Waals surface area contributed by atoms with Crippen LogP contribution in [0.5, 0.6) is 5.75 Å². The van der Waals surface area contributed by atoms with E-state index in [2.05, 4.69) is 16.1 Å². The van der Waals surface area contributed by atoms with Crippen LogP contribution in [0.25, 0.3) is 0 Å². The molecule has 45 heavy (non-hydrogen) atoms. The Morgan fingerprint density at radius 3 is 2.51 bits per heavy atom. The van der Waals surface area contributed by atoms with E-state index in [9.17, 15) is 23.1 Å². The molecule has 0 aromatic heterocycles. The number of methoxy groups -OCH3 is 1. The molecule has 0 saturated heterocycles. The third-order valence-corrected chi connectivity index (χ3v) is 10.3. The zero-order chi connectivity index (χ0) is 33.0. The highest BCUT2D eigenvalue weighted by Crippen LogP contribution is 2.30. The average Bonchev–Trinajstić information content (AvgIpc) is 3.49. The number of nitrogens with one attached hydrogen (secondary N) is 3. The van der Waals surface area contributed by atoms with Crippen LogP contribution in [0.1, 0.15) is 51.7 Å². The number of hydrogen-bond donors (Lipinski definition) is 4. The minimum Gasteiger partial charge on any atom is -0.493 e. The molecular weight excluding hydrogens is 596 g/mol. The van der Waals surface area contributed by atoms with Crippen LogP contribution in [0.4, 0.5) is 0 Å². The molecule has 1 aliphatic heterocycles. The molecule has 0 radical (unpaired) electrons. The van der Waals surface area contributed by atoms with Crippen LogP contribution in [0.2, 0.25) is 0 Å². The maximum atomic E-state index is 13.8. The molecule has 4 atom stereocenters. The van der Waals surface area contributed by atoms with Crippen molar-refractivity contribution in [3.05, 3.63) is 59.7 Å². The summed E-state index contributed by atoms with van der Waals surface area (Å²) in [6.45, 7) is 8.75. The molecule has 1 heterocycles. The lowest BCUT2D eigenvalue weighted by Gasteiger charge is -2.36. The summed E-state index contributed by atoms with van der Waals surface area (Å²) in [5, 5.41) is 18.0. The van der Waals surface area contributed by atoms with Crippen molar-refractivity contribution < 1.29 is 32.6 Å². The van der Waals surface area contributed by atoms with E-state index < -0.39 is 33.3 Å². The molecular formula is C33H50N4O7S. The summed E-state index contributed by atoms with van der Waals surface area (Å²) in [6.07, 6.45) is 0.592. The summed E-state index contributed by atoms with van der Waals surface area (Å²) in [5.74, 6) is -0.355. The van der Waals surface area contributed by atoms with Gasteiger partial charge in [-0.1, -0.05) is 64.4 Å². The summed E-state index contributed by atoms with van der Waals surface area (Å²) in [7, 11) is -2.27. The van der Waals surface area contributed by atoms with Crippen LogP contribution in [0.3, 0.4) is 0 Å². The van der Waals surface area contributed by atoms with Crippen molar-refractivity contribution in [2.24, 2.45) is 11.8 Å². The van der Waals surface area contributed by atoms with Gasteiger partial charge in [-0.25, -0.2) is 13.4 Å². The molecule has 0 aliphatic carbocycles. The number of hydrazine groups is 1. The molecule has 0 spiro atoms. The third kappa shape index (κ3) is 10.5. The Hall–Kier alpha value is -3.03. The van der Waals surface area contributed by atoms with Gasteiger partial charge in [-0.05, 0) is 47.6 Å². The predicted molar refractivity (Wildman–Crippen MR) is 173 cm³/mol. The van der Waals surface area contributed by atoms with Crippen LogP contribution in [0.15, 0.2) is 53.4 Å². The van der Waals surface area contributed by atoms with Crippen LogP contribution < -0.4 is 20.8 Å². The second-order valence-corrected chi connectivity index (χ2v) is 14.1. The summed E-state index contributed by atoms with van der Waals surface area (Å²) in [6, 6.07) is 13.4. The van der Waals surface area contributed by atoms with Gasteiger partial charge in [0.15, 0.2) is 9.84 Å². The van der Waals surface area contributed by atoms with E-state index in [0.29, 0.717) is 31.9 Å². The Morgan fingerprint density at radius 1 is 1.11 bits per heavy atom. The van der Waals surface area contributed by atoms with E-state index in [1.807, 2.05) is 44.2 Å². The highest BCUT2D eigenvalue weighted by molar-refractivity contribution is 7.92. The lowest BCUT2D eigenvalue weighted by atomic mass is 9.98. The van der Waals surface area contributed by atoms with Crippen molar-refractivity contribution in [1.82, 2.24) is 21.1 Å². The van der Waals surface area contributed by atoms with Gasteiger partial charge in [-0.2, -0.15) is 0 Å². The van der Waals surface area contributed by atoms with Crippen LogP contribution >= 0.6 is 0 Å². The fraction of sp³-hybridized carbons (Fsp3) is 0.576. The predicted octanol–water partition coefficient (Wildman–Crippen LogP) is 2.47. The number of fused-ring (bicyclic) bond motifs is 1. The Bertz CT molecular complexity index is 1340. The van der Waals surface area contributed by atoms with Gasteiger partial charge in [0.1, 0.15) is 11.1 Å². The molecule has 2 amide bonds. The van der Waals surface area contributed by atoms with Crippen molar-refractivity contribution in [2.75, 3.05) is 40.0 Å². The van der Waals surface area contributed by atoms with Gasteiger partial charge in [0.05, 0.1) is 36.8 Å². The van der Waals surface area contributed by atoms with Gasteiger partial charge in [0.2, 0.25) is 5.91 Å². The molecule has 2 aromatic carbocycles. The largest absolute Gasteiger partial charge is 0.493 e. The number of amides is 2. The number of sulfone groups is 1. The first kappa shape index (κ1) is 36.4. The zero-order valence-corrected chi connectivity index (χ0v) is 27.9. The van der Waals surface area contributed by atoms with E-state index in [-0.39, 0.29) is 48.6 Å². The minimum atomic E-state index is -3.84. The monoisotopic (exact) mass is 646 g/mol. The number of aliphatic hydroxyl groups is 1. The average molecular weight is 647 g/mol. The number of carbonyl (C=O) groups excluding carboxylic acids is 2. The number of hydrogen-bond acceptors (Lipinski definition) is 9. The van der Waals surface area contributed by atoms with Crippen molar-refractivity contribution >= 4 is 21.7 Å². The quantitative estimate of drug-likeness (QED) is 0.142. The number of benzene rings is 2. The zero-order valence-electron chi connectivity index (χ0n) is 27.1. The van der Waals surface area contributed by atoms with E-state index in [1.165, 1.54) is 5.01 Å². The summed E-state index contributed by atoms with van der Waals surface area (Å²) in [4.78, 5) is 26.9. The van der Waals surface area contributed by atoms with Gasteiger partial charge >= 0.3 is 0 Å². The summed E-state index contributed by atoms with van der Waals surface area (Å²) < 4.78 is 38.2. The van der Waals surface area contributed by atoms with E-state index >= 15 is 0 Å². The van der Waals surface area contributed by atoms with Gasteiger partial charge in [0.25, 0.3) is 5.91 Å². The normalized spacial score (nSPS) is 15.5. The molecule has 2 unspecified atom stereocenters. The number of ether oxygens (including phenoxy) is 2. The Balaban J connectivity index is 1.87. The molecule has 11 nitrogen and oxygen atoms in total. The Labute approximate surface area is 267 Å². The minimum absolute atomic E-state index is 0.0532. The second kappa shape index (κ2) is 17.6. The van der Waals surface area contributed by atoms with Crippen LogP contribution in [-0.2, 0) is 37.0 Å². The molecule has 4 N–H and O–H groups in total. The maximum Gasteiger partial charge on any atom is 0.252 e. The number of carbonyl (C=O) groups is 2. The molecule has 12 heteroatoms. The molecule has 3 rings (SSSR count). The van der Waals surface area contributed by atoms with Gasteiger partial charge in [-0.15, -0.1) is 0 Å². The number of aliphatic hydroxyl groups excluding tert-OH is 1. The summed E-state index contributed by atoms with van der Waals surface area (Å²) in [5.41, 5.74) is 4.44. The topological polar surface area (TPSA) is 146 Å². The first-order valence-corrected chi connectivity index (χ1v) is 17.3. The molecule has 2 aromatic rings. The Morgan fingerprint density at radius 2 is 1.84 bits per heavy atom. The van der Waals surface area contributed by atoms with Gasteiger partial charge in [0, 0.05) is 33.0 Å². The van der Waals surface area contributed by atoms with Crippen LogP contribution in [-0.4, -0.2) is 87.8 Å². The smallest absolute Gasteiger partial charge is 0.252 e. The molecule has 0 fully saturated rings. The molecule has 0 bridgehead atoms. The van der Waals surface area contributed by atoms with Gasteiger partial charge in [-0.3, -0.25) is 20.3 Å². The van der Waals surface area contributed by atoms with E-state index in [0.717, 1.165) is 17.5 Å². The van der Waals surface area contributed by atoms with Crippen molar-refractivity contribution in [2.45, 2.75) is 75.8 Å². The standard InChI is InChI=1S/C33H50N4O7S/c1-6-24(4)18-32(40)37(36-31(39)22-34-15-17-43-5)28(19-25-10-8-7-9-11-25)29(38)21-35-33(23(2)3)45(41,42)27-12-13-30-26(20-27)14-16-44-30/h7-13,20,23-24,28-29,33-35,38H,6,14-19,21-22H2,1-5H3,(H,36,39)/t24-,28?,29+,33?/m0/s1. The van der Waals surface area contributed by atoms with E-state index in [1.54, 1.807) is 39.2 Å². The second-order valence-electron chi connectivity index (χ2n) is 12.0. The Kier molecular flexibility index (Phi) is 14.3. The van der Waals surface area contributed by atoms with Crippen molar-refractivity contribution in [1.29, 1.82) is 0 Å². The lowest BCUT2D eigenvalue weighted by Crippen LogP contribution is -2.60. The molecule has 1 aliphatic rings. The number of rotatable bonds is 18. The first-order chi connectivity index (χ1) is 21.5. The molecule has 250 valence electrons. The van der Waals surface area contributed by atoms with Crippen molar-refractivity contribution in [3.8, 4) is 5.75 Å². The molecule has 0 saturated carbocycles.